The Morgan fingerprint density at radius 2 is 2.23 bits per heavy atom. The highest BCUT2D eigenvalue weighted by molar-refractivity contribution is 5.94. The normalized spacial score (nSPS) is 18.8. The van der Waals surface area contributed by atoms with Gasteiger partial charge in [-0.3, -0.25) is 9.89 Å². The summed E-state index contributed by atoms with van der Waals surface area (Å²) in [6, 6.07) is 6.46. The topological polar surface area (TPSA) is 79.4 Å². The zero-order valence-electron chi connectivity index (χ0n) is 14.4. The standard InChI is InChI=1S/C19H21FN4O2/c20-13-5-3-4-12(8-13)9-14-10-15(26-24-14)11-21-19(25)18-16-6-1-2-7-17(16)22-23-18/h3-5,8,15H,1-2,6-7,9-11H2,(H,21,25)(H,22,23)/t15-/m0/s1. The lowest BCUT2D eigenvalue weighted by Gasteiger charge is -2.12. The van der Waals surface area contributed by atoms with E-state index in [9.17, 15) is 9.18 Å². The van der Waals surface area contributed by atoms with Crippen LogP contribution in [0.2, 0.25) is 0 Å². The number of hydrogen-bond acceptors (Lipinski definition) is 4. The number of aromatic amines is 1. The van der Waals surface area contributed by atoms with Crippen molar-refractivity contribution >= 4 is 11.6 Å². The molecule has 1 aromatic heterocycles. The van der Waals surface area contributed by atoms with E-state index in [0.29, 0.717) is 25.1 Å². The quantitative estimate of drug-likeness (QED) is 0.864. The molecule has 2 aliphatic rings. The first kappa shape index (κ1) is 16.8. The average Bonchev–Trinajstić information content (AvgIpc) is 3.26. The Balaban J connectivity index is 1.28. The minimum Gasteiger partial charge on any atom is -0.390 e. The van der Waals surface area contributed by atoms with Crippen LogP contribution in [0, 0.1) is 5.82 Å². The van der Waals surface area contributed by atoms with Crippen LogP contribution < -0.4 is 5.32 Å². The zero-order valence-corrected chi connectivity index (χ0v) is 14.4. The fourth-order valence-electron chi connectivity index (χ4n) is 3.54. The first-order valence-electron chi connectivity index (χ1n) is 8.99. The minimum absolute atomic E-state index is 0.174. The van der Waals surface area contributed by atoms with Crippen molar-refractivity contribution in [1.29, 1.82) is 0 Å². The molecule has 0 fully saturated rings. The van der Waals surface area contributed by atoms with Gasteiger partial charge in [-0.2, -0.15) is 5.10 Å². The SMILES string of the molecule is O=C(NC[C@@H]1CC(Cc2cccc(F)c2)=NO1)c1n[nH]c2c1CCCC2. The van der Waals surface area contributed by atoms with Crippen molar-refractivity contribution in [2.45, 2.75) is 44.6 Å². The van der Waals surface area contributed by atoms with Crippen molar-refractivity contribution in [3.63, 3.8) is 0 Å². The van der Waals surface area contributed by atoms with Crippen LogP contribution in [0.15, 0.2) is 29.4 Å². The molecule has 0 spiro atoms. The summed E-state index contributed by atoms with van der Waals surface area (Å²) in [6.07, 6.45) is 5.06. The second kappa shape index (κ2) is 7.27. The largest absolute Gasteiger partial charge is 0.390 e. The van der Waals surface area contributed by atoms with Gasteiger partial charge < -0.3 is 10.2 Å². The number of carbonyl (C=O) groups is 1. The van der Waals surface area contributed by atoms with Gasteiger partial charge in [0.1, 0.15) is 11.9 Å². The van der Waals surface area contributed by atoms with Gasteiger partial charge in [0.25, 0.3) is 5.91 Å². The Bertz CT molecular complexity index is 846. The summed E-state index contributed by atoms with van der Waals surface area (Å²) in [5, 5.41) is 14.1. The van der Waals surface area contributed by atoms with E-state index in [0.717, 1.165) is 48.2 Å². The second-order valence-electron chi connectivity index (χ2n) is 6.84. The number of carbonyl (C=O) groups excluding carboxylic acids is 1. The molecular weight excluding hydrogens is 335 g/mol. The molecule has 4 rings (SSSR count). The van der Waals surface area contributed by atoms with Crippen LogP contribution in [-0.4, -0.2) is 34.5 Å². The summed E-state index contributed by atoms with van der Waals surface area (Å²) in [7, 11) is 0. The summed E-state index contributed by atoms with van der Waals surface area (Å²) in [6.45, 7) is 0.372. The van der Waals surface area contributed by atoms with Crippen molar-refractivity contribution in [3.8, 4) is 0 Å². The van der Waals surface area contributed by atoms with Crippen molar-refractivity contribution in [1.82, 2.24) is 15.5 Å². The second-order valence-corrected chi connectivity index (χ2v) is 6.84. The Kier molecular flexibility index (Phi) is 4.69. The van der Waals surface area contributed by atoms with Gasteiger partial charge >= 0.3 is 0 Å². The third kappa shape index (κ3) is 3.61. The summed E-state index contributed by atoms with van der Waals surface area (Å²) < 4.78 is 13.3. The summed E-state index contributed by atoms with van der Waals surface area (Å²) in [4.78, 5) is 17.8. The number of oxime groups is 1. The molecule has 6 nitrogen and oxygen atoms in total. The van der Waals surface area contributed by atoms with Gasteiger partial charge in [-0.05, 0) is 43.4 Å². The van der Waals surface area contributed by atoms with Crippen LogP contribution in [0.5, 0.6) is 0 Å². The Hall–Kier alpha value is -2.70. The van der Waals surface area contributed by atoms with Gasteiger partial charge in [-0.1, -0.05) is 17.3 Å². The van der Waals surface area contributed by atoms with Crippen molar-refractivity contribution in [2.24, 2.45) is 5.16 Å². The molecule has 26 heavy (non-hydrogen) atoms. The van der Waals surface area contributed by atoms with Gasteiger partial charge in [0.05, 0.1) is 12.3 Å². The Morgan fingerprint density at radius 3 is 3.12 bits per heavy atom. The minimum atomic E-state index is -0.256. The molecule has 0 bridgehead atoms. The van der Waals surface area contributed by atoms with Crippen LogP contribution in [0.4, 0.5) is 4.39 Å². The van der Waals surface area contributed by atoms with E-state index in [4.69, 9.17) is 4.84 Å². The number of nitrogens with zero attached hydrogens (tertiary/aromatic N) is 2. The van der Waals surface area contributed by atoms with Crippen molar-refractivity contribution < 1.29 is 14.0 Å². The van der Waals surface area contributed by atoms with Crippen LogP contribution >= 0.6 is 0 Å². The molecule has 1 amide bonds. The number of benzene rings is 1. The van der Waals surface area contributed by atoms with Crippen LogP contribution in [-0.2, 0) is 24.1 Å². The molecule has 1 aliphatic heterocycles. The highest BCUT2D eigenvalue weighted by atomic mass is 19.1. The lowest BCUT2D eigenvalue weighted by molar-refractivity contribution is 0.0750. The molecule has 1 aromatic carbocycles. The van der Waals surface area contributed by atoms with E-state index in [2.05, 4.69) is 20.7 Å². The van der Waals surface area contributed by atoms with E-state index in [1.54, 1.807) is 6.07 Å². The molecule has 0 saturated carbocycles. The first-order chi connectivity index (χ1) is 12.7. The first-order valence-corrected chi connectivity index (χ1v) is 8.99. The van der Waals surface area contributed by atoms with Crippen LogP contribution in [0.3, 0.4) is 0 Å². The maximum atomic E-state index is 13.3. The number of amides is 1. The van der Waals surface area contributed by atoms with Crippen molar-refractivity contribution in [3.05, 3.63) is 52.6 Å². The van der Waals surface area contributed by atoms with Gasteiger partial charge in [0.15, 0.2) is 5.69 Å². The summed E-state index contributed by atoms with van der Waals surface area (Å²) in [5.74, 6) is -0.431. The maximum Gasteiger partial charge on any atom is 0.272 e. The summed E-state index contributed by atoms with van der Waals surface area (Å²) >= 11 is 0. The van der Waals surface area contributed by atoms with E-state index < -0.39 is 0 Å². The lowest BCUT2D eigenvalue weighted by atomic mass is 9.96. The molecule has 136 valence electrons. The molecule has 1 aliphatic carbocycles. The number of aromatic nitrogens is 2. The number of halogens is 1. The highest BCUT2D eigenvalue weighted by Crippen LogP contribution is 2.22. The van der Waals surface area contributed by atoms with E-state index in [1.807, 2.05) is 6.07 Å². The van der Waals surface area contributed by atoms with Crippen molar-refractivity contribution in [2.75, 3.05) is 6.54 Å². The zero-order chi connectivity index (χ0) is 17.9. The number of fused-ring (bicyclic) bond motifs is 1. The highest BCUT2D eigenvalue weighted by Gasteiger charge is 2.25. The molecule has 2 aromatic rings. The monoisotopic (exact) mass is 356 g/mol. The maximum absolute atomic E-state index is 13.3. The predicted octanol–water partition coefficient (Wildman–Crippen LogP) is 2.55. The molecule has 2 N–H and O–H groups in total. The molecule has 7 heteroatoms. The number of hydrogen-bond donors (Lipinski definition) is 2. The van der Waals surface area contributed by atoms with Crippen LogP contribution in [0.25, 0.3) is 0 Å². The molecule has 2 heterocycles. The van der Waals surface area contributed by atoms with Gasteiger partial charge in [0, 0.05) is 24.1 Å². The third-order valence-electron chi connectivity index (χ3n) is 4.85. The Morgan fingerprint density at radius 1 is 1.35 bits per heavy atom. The molecule has 1 atom stereocenters. The van der Waals surface area contributed by atoms with Crippen LogP contribution in [0.1, 0.15) is 46.6 Å². The van der Waals surface area contributed by atoms with E-state index in [-0.39, 0.29) is 17.8 Å². The third-order valence-corrected chi connectivity index (χ3v) is 4.85. The Labute approximate surface area is 150 Å². The molecule has 0 unspecified atom stereocenters. The van der Waals surface area contributed by atoms with Gasteiger partial charge in [0.2, 0.25) is 0 Å². The average molecular weight is 356 g/mol. The van der Waals surface area contributed by atoms with E-state index >= 15 is 0 Å². The summed E-state index contributed by atoms with van der Waals surface area (Å²) in [5.41, 5.74) is 4.34. The number of H-pyrrole nitrogens is 1. The van der Waals surface area contributed by atoms with E-state index in [1.165, 1.54) is 12.1 Å². The van der Waals surface area contributed by atoms with Gasteiger partial charge in [-0.15, -0.1) is 0 Å². The molecular formula is C19H21FN4O2. The van der Waals surface area contributed by atoms with Gasteiger partial charge in [-0.25, -0.2) is 4.39 Å². The number of rotatable bonds is 5. The number of aryl methyl sites for hydroxylation is 1. The number of nitrogens with one attached hydrogen (secondary N) is 2. The molecule has 0 saturated heterocycles. The molecule has 0 radical (unpaired) electrons. The lowest BCUT2D eigenvalue weighted by Crippen LogP contribution is -2.33. The predicted molar refractivity (Wildman–Crippen MR) is 94.6 cm³/mol. The fraction of sp³-hybridized carbons (Fsp3) is 0.421. The fourth-order valence-corrected chi connectivity index (χ4v) is 3.54. The smallest absolute Gasteiger partial charge is 0.272 e.